The van der Waals surface area contributed by atoms with Crippen molar-refractivity contribution >= 4 is 16.6 Å². The van der Waals surface area contributed by atoms with Crippen molar-refractivity contribution in [2.45, 2.75) is 26.2 Å². The lowest BCUT2D eigenvalue weighted by Gasteiger charge is -2.07. The number of pyridine rings is 1. The Balaban J connectivity index is 1.95. The van der Waals surface area contributed by atoms with Crippen LogP contribution in [0.2, 0.25) is 0 Å². The third-order valence-electron chi connectivity index (χ3n) is 3.04. The molecule has 0 saturated carbocycles. The maximum atomic E-state index is 5.47. The standard InChI is InChI=1S/C15H21N3/c1-12-5-6-13-11-14(7-8-15(13)18-12)17-10-4-2-3-9-16/h5-8,11,17H,2-4,9-10,16H2,1H3. The largest absolute Gasteiger partial charge is 0.385 e. The molecular formula is C15H21N3. The Morgan fingerprint density at radius 1 is 1.11 bits per heavy atom. The van der Waals surface area contributed by atoms with Gasteiger partial charge in [0, 0.05) is 23.3 Å². The molecule has 1 aromatic heterocycles. The molecule has 0 saturated heterocycles. The fraction of sp³-hybridized carbons (Fsp3) is 0.400. The summed E-state index contributed by atoms with van der Waals surface area (Å²) in [5.74, 6) is 0. The second kappa shape index (κ2) is 6.36. The van der Waals surface area contributed by atoms with Gasteiger partial charge in [-0.2, -0.15) is 0 Å². The van der Waals surface area contributed by atoms with E-state index in [1.807, 2.05) is 13.0 Å². The molecule has 0 aliphatic carbocycles. The molecule has 18 heavy (non-hydrogen) atoms. The van der Waals surface area contributed by atoms with Gasteiger partial charge in [-0.15, -0.1) is 0 Å². The van der Waals surface area contributed by atoms with E-state index in [2.05, 4.69) is 34.6 Å². The van der Waals surface area contributed by atoms with Crippen LogP contribution in [0.25, 0.3) is 10.9 Å². The Morgan fingerprint density at radius 2 is 2.00 bits per heavy atom. The Kier molecular flexibility index (Phi) is 4.53. The topological polar surface area (TPSA) is 50.9 Å². The first kappa shape index (κ1) is 12.8. The predicted molar refractivity (Wildman–Crippen MR) is 77.9 cm³/mol. The molecule has 0 atom stereocenters. The molecule has 0 unspecified atom stereocenters. The van der Waals surface area contributed by atoms with E-state index in [0.29, 0.717) is 0 Å². The lowest BCUT2D eigenvalue weighted by Crippen LogP contribution is -2.03. The predicted octanol–water partition coefficient (Wildman–Crippen LogP) is 3.08. The van der Waals surface area contributed by atoms with Crippen molar-refractivity contribution in [3.63, 3.8) is 0 Å². The summed E-state index contributed by atoms with van der Waals surface area (Å²) in [6, 6.07) is 10.5. The van der Waals surface area contributed by atoms with Crippen LogP contribution in [0.5, 0.6) is 0 Å². The summed E-state index contributed by atoms with van der Waals surface area (Å²) in [5.41, 5.74) is 8.76. The Labute approximate surface area is 108 Å². The van der Waals surface area contributed by atoms with Crippen LogP contribution < -0.4 is 11.1 Å². The van der Waals surface area contributed by atoms with Crippen molar-refractivity contribution < 1.29 is 0 Å². The molecule has 96 valence electrons. The smallest absolute Gasteiger partial charge is 0.0706 e. The van der Waals surface area contributed by atoms with Crippen LogP contribution in [0, 0.1) is 6.92 Å². The summed E-state index contributed by atoms with van der Waals surface area (Å²) in [5, 5.41) is 4.63. The molecule has 3 N–H and O–H groups in total. The van der Waals surface area contributed by atoms with E-state index in [-0.39, 0.29) is 0 Å². The lowest BCUT2D eigenvalue weighted by molar-refractivity contribution is 0.707. The van der Waals surface area contributed by atoms with Gasteiger partial charge in [-0.05, 0) is 50.6 Å². The number of nitrogens with one attached hydrogen (secondary N) is 1. The molecule has 0 aliphatic heterocycles. The highest BCUT2D eigenvalue weighted by atomic mass is 14.9. The fourth-order valence-electron chi connectivity index (χ4n) is 2.02. The minimum absolute atomic E-state index is 0.793. The number of benzene rings is 1. The third kappa shape index (κ3) is 3.44. The van der Waals surface area contributed by atoms with E-state index < -0.39 is 0 Å². The number of nitrogens with zero attached hydrogens (tertiary/aromatic N) is 1. The van der Waals surface area contributed by atoms with Gasteiger partial charge in [0.15, 0.2) is 0 Å². The zero-order valence-electron chi connectivity index (χ0n) is 10.9. The van der Waals surface area contributed by atoms with Gasteiger partial charge in [-0.1, -0.05) is 12.5 Å². The van der Waals surface area contributed by atoms with Gasteiger partial charge in [-0.25, -0.2) is 0 Å². The second-order valence-electron chi connectivity index (χ2n) is 4.64. The number of fused-ring (bicyclic) bond motifs is 1. The van der Waals surface area contributed by atoms with Crippen LogP contribution >= 0.6 is 0 Å². The molecule has 0 radical (unpaired) electrons. The van der Waals surface area contributed by atoms with Crippen molar-refractivity contribution in [3.8, 4) is 0 Å². The third-order valence-corrected chi connectivity index (χ3v) is 3.04. The number of aromatic nitrogens is 1. The number of rotatable bonds is 6. The average Bonchev–Trinajstić information content (AvgIpc) is 2.38. The maximum absolute atomic E-state index is 5.47. The summed E-state index contributed by atoms with van der Waals surface area (Å²) in [4.78, 5) is 4.50. The minimum Gasteiger partial charge on any atom is -0.385 e. The quantitative estimate of drug-likeness (QED) is 0.767. The summed E-state index contributed by atoms with van der Waals surface area (Å²) >= 11 is 0. The van der Waals surface area contributed by atoms with E-state index >= 15 is 0 Å². The van der Waals surface area contributed by atoms with Gasteiger partial charge in [0.1, 0.15) is 0 Å². The number of hydrogen-bond donors (Lipinski definition) is 2. The van der Waals surface area contributed by atoms with Crippen molar-refractivity contribution in [2.75, 3.05) is 18.4 Å². The molecule has 3 heteroatoms. The van der Waals surface area contributed by atoms with E-state index in [9.17, 15) is 0 Å². The van der Waals surface area contributed by atoms with Gasteiger partial charge in [0.2, 0.25) is 0 Å². The summed E-state index contributed by atoms with van der Waals surface area (Å²) in [7, 11) is 0. The van der Waals surface area contributed by atoms with Gasteiger partial charge in [0.25, 0.3) is 0 Å². The summed E-state index contributed by atoms with van der Waals surface area (Å²) in [6.45, 7) is 3.81. The van der Waals surface area contributed by atoms with E-state index in [1.165, 1.54) is 23.9 Å². The number of nitrogens with two attached hydrogens (primary N) is 1. The SMILES string of the molecule is Cc1ccc2cc(NCCCCCN)ccc2n1. The molecule has 0 fully saturated rings. The first-order valence-corrected chi connectivity index (χ1v) is 6.61. The molecule has 1 heterocycles. The number of anilines is 1. The second-order valence-corrected chi connectivity index (χ2v) is 4.64. The van der Waals surface area contributed by atoms with Crippen molar-refractivity contribution in [2.24, 2.45) is 5.73 Å². The van der Waals surface area contributed by atoms with E-state index in [4.69, 9.17) is 5.73 Å². The highest BCUT2D eigenvalue weighted by molar-refractivity contribution is 5.82. The van der Waals surface area contributed by atoms with Gasteiger partial charge in [-0.3, -0.25) is 4.98 Å². The molecular weight excluding hydrogens is 222 g/mol. The zero-order chi connectivity index (χ0) is 12.8. The lowest BCUT2D eigenvalue weighted by atomic mass is 10.2. The molecule has 0 spiro atoms. The first-order valence-electron chi connectivity index (χ1n) is 6.61. The maximum Gasteiger partial charge on any atom is 0.0706 e. The normalized spacial score (nSPS) is 10.8. The van der Waals surface area contributed by atoms with Crippen LogP contribution in [0.15, 0.2) is 30.3 Å². The highest BCUT2D eigenvalue weighted by Gasteiger charge is 1.97. The van der Waals surface area contributed by atoms with Crippen LogP contribution in [-0.2, 0) is 0 Å². The van der Waals surface area contributed by atoms with Crippen LogP contribution in [0.1, 0.15) is 25.0 Å². The minimum atomic E-state index is 0.793. The molecule has 0 bridgehead atoms. The first-order chi connectivity index (χ1) is 8.79. The van der Waals surface area contributed by atoms with Gasteiger partial charge in [0.05, 0.1) is 5.52 Å². The Morgan fingerprint density at radius 3 is 2.83 bits per heavy atom. The van der Waals surface area contributed by atoms with Crippen molar-refractivity contribution in [1.29, 1.82) is 0 Å². The molecule has 0 amide bonds. The summed E-state index contributed by atoms with van der Waals surface area (Å²) in [6.07, 6.45) is 3.47. The van der Waals surface area contributed by atoms with Gasteiger partial charge >= 0.3 is 0 Å². The van der Waals surface area contributed by atoms with Crippen molar-refractivity contribution in [1.82, 2.24) is 4.98 Å². The van der Waals surface area contributed by atoms with Crippen LogP contribution in [0.4, 0.5) is 5.69 Å². The fourth-order valence-corrected chi connectivity index (χ4v) is 2.02. The highest BCUT2D eigenvalue weighted by Crippen LogP contribution is 2.18. The molecule has 1 aromatic carbocycles. The van der Waals surface area contributed by atoms with Crippen LogP contribution in [0.3, 0.4) is 0 Å². The average molecular weight is 243 g/mol. The summed E-state index contributed by atoms with van der Waals surface area (Å²) < 4.78 is 0. The zero-order valence-corrected chi connectivity index (χ0v) is 10.9. The molecule has 2 aromatic rings. The molecule has 2 rings (SSSR count). The van der Waals surface area contributed by atoms with Gasteiger partial charge < -0.3 is 11.1 Å². The Hall–Kier alpha value is -1.61. The Bertz CT molecular complexity index is 508. The number of aryl methyl sites for hydroxylation is 1. The van der Waals surface area contributed by atoms with Crippen LogP contribution in [-0.4, -0.2) is 18.1 Å². The monoisotopic (exact) mass is 243 g/mol. The van der Waals surface area contributed by atoms with Crippen molar-refractivity contribution in [3.05, 3.63) is 36.0 Å². The van der Waals surface area contributed by atoms with E-state index in [0.717, 1.165) is 30.7 Å². The number of unbranched alkanes of at least 4 members (excludes halogenated alkanes) is 2. The van der Waals surface area contributed by atoms with E-state index in [1.54, 1.807) is 0 Å². The molecule has 0 aliphatic rings. The number of hydrogen-bond acceptors (Lipinski definition) is 3. The molecule has 3 nitrogen and oxygen atoms in total.